The van der Waals surface area contributed by atoms with Gasteiger partial charge in [-0.15, -0.1) is 0 Å². The van der Waals surface area contributed by atoms with Crippen LogP contribution in [0.5, 0.6) is 11.5 Å². The highest BCUT2D eigenvalue weighted by Crippen LogP contribution is 2.38. The quantitative estimate of drug-likeness (QED) is 0.805. The number of aliphatic hydroxyl groups is 1. The second kappa shape index (κ2) is 9.51. The Morgan fingerprint density at radius 3 is 2.71 bits per heavy atom. The summed E-state index contributed by atoms with van der Waals surface area (Å²) in [4.78, 5) is 6.41. The second-order valence-electron chi connectivity index (χ2n) is 7.94. The molecule has 0 amide bonds. The lowest BCUT2D eigenvalue weighted by atomic mass is 9.99. The Kier molecular flexibility index (Phi) is 6.56. The van der Waals surface area contributed by atoms with E-state index in [-0.39, 0.29) is 12.1 Å². The fourth-order valence-electron chi connectivity index (χ4n) is 3.83. The van der Waals surface area contributed by atoms with Crippen LogP contribution in [-0.2, 0) is 11.3 Å². The first-order chi connectivity index (χ1) is 15.0. The van der Waals surface area contributed by atoms with Crippen molar-refractivity contribution in [1.82, 2.24) is 9.88 Å². The van der Waals surface area contributed by atoms with E-state index in [1.54, 1.807) is 30.7 Å². The van der Waals surface area contributed by atoms with Gasteiger partial charge in [-0.25, -0.2) is 0 Å². The Morgan fingerprint density at radius 1 is 1.13 bits per heavy atom. The summed E-state index contributed by atoms with van der Waals surface area (Å²) in [5.41, 5.74) is 2.81. The third kappa shape index (κ3) is 4.90. The molecular formula is C24H28N2O5. The van der Waals surface area contributed by atoms with Crippen LogP contribution in [0, 0.1) is 0 Å². The van der Waals surface area contributed by atoms with E-state index in [0.29, 0.717) is 18.1 Å². The number of aliphatic hydroxyl groups excluding tert-OH is 1. The SMILES string of the molecule is C[C@@H]1C[C@H](N(C)C)[C@@H](O)[C@H](Oc2ccccocc3c4c(ncc-4cccc2)CO3)O1. The van der Waals surface area contributed by atoms with Crippen LogP contribution >= 0.6 is 0 Å². The molecule has 4 heterocycles. The first-order valence-corrected chi connectivity index (χ1v) is 10.4. The number of likely N-dealkylation sites (N-methyl/N-ethyl adjacent to an activating group) is 1. The molecule has 0 saturated carbocycles. The molecule has 0 bridgehead atoms. The van der Waals surface area contributed by atoms with Crippen molar-refractivity contribution in [2.45, 2.75) is 44.5 Å². The van der Waals surface area contributed by atoms with Gasteiger partial charge in [0.1, 0.15) is 24.7 Å². The number of hydrogen-bond acceptors (Lipinski definition) is 7. The van der Waals surface area contributed by atoms with Crippen molar-refractivity contribution in [2.24, 2.45) is 0 Å². The van der Waals surface area contributed by atoms with E-state index in [0.717, 1.165) is 23.2 Å². The number of rotatable bonds is 3. The molecule has 0 aromatic rings. The Hall–Kier alpha value is -2.87. The van der Waals surface area contributed by atoms with Crippen LogP contribution < -0.4 is 9.47 Å². The zero-order valence-electron chi connectivity index (χ0n) is 18.0. The van der Waals surface area contributed by atoms with E-state index in [2.05, 4.69) is 4.98 Å². The fourth-order valence-corrected chi connectivity index (χ4v) is 3.83. The van der Waals surface area contributed by atoms with E-state index >= 15 is 0 Å². The maximum Gasteiger partial charge on any atom is 0.227 e. The molecule has 0 aliphatic carbocycles. The van der Waals surface area contributed by atoms with Crippen molar-refractivity contribution >= 4 is 0 Å². The molecule has 4 rings (SSSR count). The fraction of sp³-hybridized carbons (Fsp3) is 0.375. The van der Waals surface area contributed by atoms with Crippen molar-refractivity contribution in [3.8, 4) is 22.6 Å². The van der Waals surface area contributed by atoms with Gasteiger partial charge in [0.2, 0.25) is 6.29 Å². The van der Waals surface area contributed by atoms with Gasteiger partial charge in [-0.2, -0.15) is 0 Å². The molecule has 4 atom stereocenters. The first-order valence-electron chi connectivity index (χ1n) is 10.4. The summed E-state index contributed by atoms with van der Waals surface area (Å²) in [7, 11) is 3.90. The highest BCUT2D eigenvalue weighted by molar-refractivity contribution is 5.74. The molecule has 1 saturated heterocycles. The number of ether oxygens (including phenoxy) is 3. The van der Waals surface area contributed by atoms with E-state index in [9.17, 15) is 5.11 Å². The standard InChI is InChI=1S/C24H28N2O5/c1-16-12-20(26(2)3)23(27)24(30-16)31-18-9-5-4-8-17-13-25-19-14-29-21(22(17)19)15-28-11-7-6-10-18/h4-11,13,15-16,20,23-24,27H,12,14H2,1-3H3/t16-,20+,23-,24+/m1/s1. The van der Waals surface area contributed by atoms with Gasteiger partial charge in [-0.3, -0.25) is 4.98 Å². The molecule has 7 nitrogen and oxygen atoms in total. The third-order valence-electron chi connectivity index (χ3n) is 5.43. The Morgan fingerprint density at radius 2 is 1.90 bits per heavy atom. The summed E-state index contributed by atoms with van der Waals surface area (Å²) in [6.07, 6.45) is 4.17. The summed E-state index contributed by atoms with van der Waals surface area (Å²) in [6, 6.07) is 12.9. The molecule has 7 heteroatoms. The van der Waals surface area contributed by atoms with Gasteiger partial charge in [0.15, 0.2) is 5.75 Å². The van der Waals surface area contributed by atoms with E-state index in [1.165, 1.54) is 0 Å². The van der Waals surface area contributed by atoms with Crippen molar-refractivity contribution < 1.29 is 23.7 Å². The summed E-state index contributed by atoms with van der Waals surface area (Å²) < 4.78 is 23.1. The van der Waals surface area contributed by atoms with Gasteiger partial charge < -0.3 is 28.6 Å². The molecule has 0 spiro atoms. The molecule has 31 heavy (non-hydrogen) atoms. The number of hydrogen-bond donors (Lipinski definition) is 1. The lowest BCUT2D eigenvalue weighted by molar-refractivity contribution is -0.217. The van der Waals surface area contributed by atoms with Gasteiger partial charge in [0.25, 0.3) is 0 Å². The Labute approximate surface area is 182 Å². The van der Waals surface area contributed by atoms with Crippen LogP contribution in [0.25, 0.3) is 11.1 Å². The second-order valence-corrected chi connectivity index (χ2v) is 7.94. The minimum atomic E-state index is -0.760. The normalized spacial score (nSPS) is 24.3. The van der Waals surface area contributed by atoms with Crippen molar-refractivity contribution in [1.29, 1.82) is 0 Å². The molecule has 0 unspecified atom stereocenters. The van der Waals surface area contributed by atoms with Gasteiger partial charge in [-0.05, 0) is 45.6 Å². The number of aromatic nitrogens is 1. The zero-order chi connectivity index (χ0) is 21.8. The van der Waals surface area contributed by atoms with Crippen LogP contribution in [0.1, 0.15) is 19.0 Å². The zero-order valence-corrected chi connectivity index (χ0v) is 18.0. The lowest BCUT2D eigenvalue weighted by Crippen LogP contribution is -2.55. The van der Waals surface area contributed by atoms with Crippen molar-refractivity contribution in [3.05, 3.63) is 66.9 Å². The van der Waals surface area contributed by atoms with Crippen molar-refractivity contribution in [2.75, 3.05) is 14.1 Å². The van der Waals surface area contributed by atoms with Gasteiger partial charge in [-0.1, -0.05) is 24.3 Å². The summed E-state index contributed by atoms with van der Waals surface area (Å²) in [6.45, 7) is 2.43. The average molecular weight is 424 g/mol. The van der Waals surface area contributed by atoms with Gasteiger partial charge >= 0.3 is 0 Å². The maximum atomic E-state index is 10.7. The van der Waals surface area contributed by atoms with Crippen LogP contribution in [0.15, 0.2) is 65.6 Å². The largest absolute Gasteiger partial charge is 0.483 e. The molecular weight excluding hydrogens is 396 g/mol. The molecule has 0 aromatic heterocycles. The van der Waals surface area contributed by atoms with Crippen LogP contribution in [0.2, 0.25) is 0 Å². The molecule has 4 aliphatic rings. The first kappa shape index (κ1) is 21.4. The minimum Gasteiger partial charge on any atom is -0.483 e. The molecule has 4 aliphatic heterocycles. The highest BCUT2D eigenvalue weighted by atomic mass is 16.7. The Bertz CT molecular complexity index is 989. The van der Waals surface area contributed by atoms with Gasteiger partial charge in [0, 0.05) is 17.8 Å². The van der Waals surface area contributed by atoms with Gasteiger partial charge in [0.05, 0.1) is 23.6 Å². The molecule has 1 fully saturated rings. The summed E-state index contributed by atoms with van der Waals surface area (Å²) >= 11 is 0. The van der Waals surface area contributed by atoms with Crippen molar-refractivity contribution in [3.63, 3.8) is 0 Å². The third-order valence-corrected chi connectivity index (χ3v) is 5.43. The maximum absolute atomic E-state index is 10.7. The summed E-state index contributed by atoms with van der Waals surface area (Å²) in [5, 5.41) is 10.7. The van der Waals surface area contributed by atoms with Crippen LogP contribution in [0.4, 0.5) is 0 Å². The van der Waals surface area contributed by atoms with Crippen LogP contribution in [0.3, 0.4) is 0 Å². The lowest BCUT2D eigenvalue weighted by Gasteiger charge is -2.40. The highest BCUT2D eigenvalue weighted by Gasteiger charge is 2.38. The predicted molar refractivity (Wildman–Crippen MR) is 116 cm³/mol. The Balaban J connectivity index is 1.65. The smallest absolute Gasteiger partial charge is 0.227 e. The molecule has 164 valence electrons. The summed E-state index contributed by atoms with van der Waals surface area (Å²) in [5.74, 6) is 1.23. The van der Waals surface area contributed by atoms with E-state index in [4.69, 9.17) is 18.6 Å². The van der Waals surface area contributed by atoms with Crippen LogP contribution in [-0.4, -0.2) is 53.6 Å². The molecule has 1 N–H and O–H groups in total. The number of nitrogens with zero attached hydrogens (tertiary/aromatic N) is 2. The van der Waals surface area contributed by atoms with E-state index < -0.39 is 12.4 Å². The monoisotopic (exact) mass is 424 g/mol. The average Bonchev–Trinajstić information content (AvgIpc) is 3.32. The predicted octanol–water partition coefficient (Wildman–Crippen LogP) is 3.73. The van der Waals surface area contributed by atoms with E-state index in [1.807, 2.05) is 56.4 Å². The minimum absolute atomic E-state index is 0.0174. The topological polar surface area (TPSA) is 77.2 Å². The molecule has 0 radical (unpaired) electrons. The molecule has 0 aromatic carbocycles.